The fraction of sp³-hybridized carbons (Fsp3) is 0.600. The van der Waals surface area contributed by atoms with E-state index in [9.17, 15) is 5.11 Å². The third kappa shape index (κ3) is 3.24. The highest BCUT2D eigenvalue weighted by atomic mass is 16.5. The third-order valence-corrected chi connectivity index (χ3v) is 3.58. The van der Waals surface area contributed by atoms with Gasteiger partial charge < -0.3 is 9.84 Å². The van der Waals surface area contributed by atoms with Gasteiger partial charge in [-0.05, 0) is 50.6 Å². The second kappa shape index (κ2) is 6.76. The van der Waals surface area contributed by atoms with Crippen molar-refractivity contribution < 1.29 is 9.84 Å². The van der Waals surface area contributed by atoms with Crippen LogP contribution in [0, 0.1) is 0 Å². The Morgan fingerprint density at radius 2 is 1.83 bits per heavy atom. The Hall–Kier alpha value is -1.06. The van der Waals surface area contributed by atoms with Gasteiger partial charge in [0.05, 0.1) is 19.3 Å². The molecular weight excluding hydrogens is 226 g/mol. The highest BCUT2D eigenvalue weighted by Gasteiger charge is 2.21. The van der Waals surface area contributed by atoms with Crippen LogP contribution in [0.2, 0.25) is 0 Å². The monoisotopic (exact) mass is 249 g/mol. The van der Waals surface area contributed by atoms with Crippen molar-refractivity contribution in [3.8, 4) is 5.75 Å². The maximum absolute atomic E-state index is 9.63. The number of piperidine rings is 1. The van der Waals surface area contributed by atoms with Crippen LogP contribution in [0.1, 0.15) is 37.8 Å². The van der Waals surface area contributed by atoms with Crippen molar-refractivity contribution in [2.75, 3.05) is 26.3 Å². The van der Waals surface area contributed by atoms with Crippen LogP contribution in [-0.4, -0.2) is 36.3 Å². The highest BCUT2D eigenvalue weighted by molar-refractivity contribution is 5.29. The predicted molar refractivity (Wildman–Crippen MR) is 72.9 cm³/mol. The fourth-order valence-corrected chi connectivity index (χ4v) is 2.61. The Morgan fingerprint density at radius 3 is 2.39 bits per heavy atom. The van der Waals surface area contributed by atoms with Gasteiger partial charge in [0.25, 0.3) is 0 Å². The van der Waals surface area contributed by atoms with Gasteiger partial charge in [0.2, 0.25) is 0 Å². The Morgan fingerprint density at radius 1 is 1.17 bits per heavy atom. The summed E-state index contributed by atoms with van der Waals surface area (Å²) in [5.41, 5.74) is 1.18. The summed E-state index contributed by atoms with van der Waals surface area (Å²) >= 11 is 0. The Bertz CT molecular complexity index is 344. The van der Waals surface area contributed by atoms with Crippen LogP contribution in [0.5, 0.6) is 5.75 Å². The Balaban J connectivity index is 2.06. The van der Waals surface area contributed by atoms with Gasteiger partial charge in [-0.15, -0.1) is 0 Å². The first-order chi connectivity index (χ1) is 8.85. The molecule has 0 spiro atoms. The number of benzene rings is 1. The second-order valence-corrected chi connectivity index (χ2v) is 4.80. The van der Waals surface area contributed by atoms with Gasteiger partial charge in [0.15, 0.2) is 0 Å². The number of ether oxygens (including phenoxy) is 1. The number of aliphatic hydroxyl groups is 1. The normalized spacial score (nSPS) is 18.6. The fourth-order valence-electron chi connectivity index (χ4n) is 2.61. The number of hydrogen-bond donors (Lipinski definition) is 1. The molecule has 0 saturated carbocycles. The summed E-state index contributed by atoms with van der Waals surface area (Å²) in [6.07, 6.45) is 3.80. The minimum absolute atomic E-state index is 0.140. The number of aliphatic hydroxyl groups excluding tert-OH is 1. The summed E-state index contributed by atoms with van der Waals surface area (Å²) in [6, 6.07) is 8.26. The average molecular weight is 249 g/mol. The molecule has 1 aliphatic heterocycles. The summed E-state index contributed by atoms with van der Waals surface area (Å²) in [6.45, 7) is 5.05. The number of likely N-dealkylation sites (tertiary alicyclic amines) is 1. The molecule has 1 heterocycles. The molecule has 0 aromatic heterocycles. The highest BCUT2D eigenvalue weighted by Crippen LogP contribution is 2.25. The molecule has 1 saturated heterocycles. The van der Waals surface area contributed by atoms with E-state index in [0.29, 0.717) is 6.61 Å². The summed E-state index contributed by atoms with van der Waals surface area (Å²) in [4.78, 5) is 2.39. The molecule has 0 aliphatic carbocycles. The van der Waals surface area contributed by atoms with Gasteiger partial charge in [-0.1, -0.05) is 18.6 Å². The van der Waals surface area contributed by atoms with Crippen molar-refractivity contribution in [2.24, 2.45) is 0 Å². The van der Waals surface area contributed by atoms with Crippen molar-refractivity contribution in [3.05, 3.63) is 29.8 Å². The van der Waals surface area contributed by atoms with Crippen molar-refractivity contribution in [2.45, 2.75) is 32.2 Å². The van der Waals surface area contributed by atoms with E-state index in [1.165, 1.54) is 24.8 Å². The van der Waals surface area contributed by atoms with Crippen LogP contribution in [0.4, 0.5) is 0 Å². The molecule has 3 heteroatoms. The molecule has 18 heavy (non-hydrogen) atoms. The van der Waals surface area contributed by atoms with Gasteiger partial charge >= 0.3 is 0 Å². The van der Waals surface area contributed by atoms with Crippen LogP contribution in [-0.2, 0) is 0 Å². The van der Waals surface area contributed by atoms with E-state index in [1.54, 1.807) is 0 Å². The number of rotatable bonds is 5. The van der Waals surface area contributed by atoms with Gasteiger partial charge in [-0.2, -0.15) is 0 Å². The Kier molecular flexibility index (Phi) is 5.02. The minimum atomic E-state index is 0.140. The van der Waals surface area contributed by atoms with Crippen molar-refractivity contribution in [1.82, 2.24) is 4.90 Å². The molecule has 1 N–H and O–H groups in total. The second-order valence-electron chi connectivity index (χ2n) is 4.80. The van der Waals surface area contributed by atoms with Crippen LogP contribution in [0.25, 0.3) is 0 Å². The molecule has 0 bridgehead atoms. The standard InChI is InChI=1S/C15H23NO2/c1-2-18-14-8-6-13(7-9-14)15(12-17)16-10-4-3-5-11-16/h6-9,15,17H,2-5,10-12H2,1H3. The molecule has 1 atom stereocenters. The van der Waals surface area contributed by atoms with E-state index in [-0.39, 0.29) is 12.6 Å². The maximum atomic E-state index is 9.63. The van der Waals surface area contributed by atoms with E-state index >= 15 is 0 Å². The van der Waals surface area contributed by atoms with Crippen LogP contribution in [0.15, 0.2) is 24.3 Å². The van der Waals surface area contributed by atoms with Gasteiger partial charge in [0, 0.05) is 0 Å². The minimum Gasteiger partial charge on any atom is -0.494 e. The first-order valence-corrected chi connectivity index (χ1v) is 6.93. The summed E-state index contributed by atoms with van der Waals surface area (Å²) in [5.74, 6) is 0.900. The first kappa shape index (κ1) is 13.4. The molecule has 1 unspecified atom stereocenters. The lowest BCUT2D eigenvalue weighted by Gasteiger charge is -2.33. The zero-order valence-electron chi connectivity index (χ0n) is 11.1. The van der Waals surface area contributed by atoms with Gasteiger partial charge in [0.1, 0.15) is 5.75 Å². The molecule has 0 radical (unpaired) electrons. The average Bonchev–Trinajstić information content (AvgIpc) is 2.43. The summed E-state index contributed by atoms with van der Waals surface area (Å²) in [5, 5.41) is 9.63. The third-order valence-electron chi connectivity index (χ3n) is 3.58. The van der Waals surface area contributed by atoms with E-state index in [1.807, 2.05) is 19.1 Å². The van der Waals surface area contributed by atoms with Crippen molar-refractivity contribution >= 4 is 0 Å². The largest absolute Gasteiger partial charge is 0.494 e. The van der Waals surface area contributed by atoms with Crippen molar-refractivity contribution in [1.29, 1.82) is 0 Å². The molecule has 3 nitrogen and oxygen atoms in total. The molecule has 1 aromatic carbocycles. The topological polar surface area (TPSA) is 32.7 Å². The van der Waals surface area contributed by atoms with E-state index < -0.39 is 0 Å². The lowest BCUT2D eigenvalue weighted by molar-refractivity contribution is 0.104. The molecule has 1 aromatic rings. The number of hydrogen-bond acceptors (Lipinski definition) is 3. The Labute approximate surface area is 109 Å². The quantitative estimate of drug-likeness (QED) is 0.870. The van der Waals surface area contributed by atoms with Crippen LogP contribution < -0.4 is 4.74 Å². The van der Waals surface area contributed by atoms with E-state index in [2.05, 4.69) is 17.0 Å². The molecule has 1 aliphatic rings. The molecule has 1 fully saturated rings. The first-order valence-electron chi connectivity index (χ1n) is 6.93. The molecular formula is C15H23NO2. The SMILES string of the molecule is CCOc1ccc(C(CO)N2CCCCC2)cc1. The van der Waals surface area contributed by atoms with Gasteiger partial charge in [-0.25, -0.2) is 0 Å². The van der Waals surface area contributed by atoms with Crippen molar-refractivity contribution in [3.63, 3.8) is 0 Å². The summed E-state index contributed by atoms with van der Waals surface area (Å²) in [7, 11) is 0. The zero-order chi connectivity index (χ0) is 12.8. The van der Waals surface area contributed by atoms with Crippen LogP contribution >= 0.6 is 0 Å². The van der Waals surface area contributed by atoms with Gasteiger partial charge in [-0.3, -0.25) is 4.90 Å². The predicted octanol–water partition coefficient (Wildman–Crippen LogP) is 2.60. The lowest BCUT2D eigenvalue weighted by Crippen LogP contribution is -2.35. The smallest absolute Gasteiger partial charge is 0.119 e. The number of nitrogens with zero attached hydrogens (tertiary/aromatic N) is 1. The zero-order valence-corrected chi connectivity index (χ0v) is 11.1. The van der Waals surface area contributed by atoms with E-state index in [0.717, 1.165) is 18.8 Å². The molecule has 100 valence electrons. The maximum Gasteiger partial charge on any atom is 0.119 e. The molecule has 2 rings (SSSR count). The molecule has 0 amide bonds. The summed E-state index contributed by atoms with van der Waals surface area (Å²) < 4.78 is 5.44. The van der Waals surface area contributed by atoms with E-state index in [4.69, 9.17) is 4.74 Å². The van der Waals surface area contributed by atoms with Crippen LogP contribution in [0.3, 0.4) is 0 Å². The lowest BCUT2D eigenvalue weighted by atomic mass is 10.0.